The number of primary sulfonamides is 1. The van der Waals surface area contributed by atoms with Gasteiger partial charge in [-0.1, -0.05) is 0 Å². The van der Waals surface area contributed by atoms with Crippen LogP contribution in [0.3, 0.4) is 0 Å². The summed E-state index contributed by atoms with van der Waals surface area (Å²) >= 11 is 0. The van der Waals surface area contributed by atoms with Crippen LogP contribution in [0.4, 0.5) is 13.2 Å². The minimum absolute atomic E-state index is 0.473. The van der Waals surface area contributed by atoms with Crippen molar-refractivity contribution in [2.24, 2.45) is 5.14 Å². The van der Waals surface area contributed by atoms with Gasteiger partial charge in [-0.3, -0.25) is 0 Å². The zero-order valence-electron chi connectivity index (χ0n) is 10.6. The second-order valence-corrected chi connectivity index (χ2v) is 5.49. The SMILES string of the molecule is COc1ncc(F)c(-c2ccc(F)cc2F)c1S(N)(=O)=O. The molecule has 21 heavy (non-hydrogen) atoms. The highest BCUT2D eigenvalue weighted by molar-refractivity contribution is 7.89. The molecule has 0 aliphatic carbocycles. The lowest BCUT2D eigenvalue weighted by atomic mass is 10.1. The zero-order chi connectivity index (χ0) is 15.8. The van der Waals surface area contributed by atoms with Gasteiger partial charge in [-0.15, -0.1) is 0 Å². The predicted molar refractivity (Wildman–Crippen MR) is 67.5 cm³/mol. The minimum atomic E-state index is -4.46. The van der Waals surface area contributed by atoms with Gasteiger partial charge in [0.05, 0.1) is 13.3 Å². The smallest absolute Gasteiger partial charge is 0.244 e. The van der Waals surface area contributed by atoms with Crippen LogP contribution in [0.1, 0.15) is 0 Å². The fraction of sp³-hybridized carbons (Fsp3) is 0.0833. The Morgan fingerprint density at radius 2 is 1.86 bits per heavy atom. The third-order valence-corrected chi connectivity index (χ3v) is 3.58. The van der Waals surface area contributed by atoms with Gasteiger partial charge in [0.15, 0.2) is 10.7 Å². The van der Waals surface area contributed by atoms with E-state index in [1.54, 1.807) is 0 Å². The molecule has 2 N–H and O–H groups in total. The molecular weight excluding hydrogens is 309 g/mol. The van der Waals surface area contributed by atoms with E-state index >= 15 is 0 Å². The molecule has 1 heterocycles. The number of ether oxygens (including phenoxy) is 1. The van der Waals surface area contributed by atoms with Gasteiger partial charge in [0.2, 0.25) is 15.9 Å². The van der Waals surface area contributed by atoms with E-state index in [-0.39, 0.29) is 0 Å². The van der Waals surface area contributed by atoms with E-state index in [2.05, 4.69) is 4.98 Å². The van der Waals surface area contributed by atoms with Crippen molar-refractivity contribution < 1.29 is 26.3 Å². The lowest BCUT2D eigenvalue weighted by molar-refractivity contribution is 0.383. The normalized spacial score (nSPS) is 11.5. The van der Waals surface area contributed by atoms with Gasteiger partial charge in [0, 0.05) is 17.2 Å². The van der Waals surface area contributed by atoms with Crippen molar-refractivity contribution in [3.8, 4) is 17.0 Å². The Labute approximate surface area is 118 Å². The molecule has 0 unspecified atom stereocenters. The number of rotatable bonds is 3. The molecule has 0 bridgehead atoms. The van der Waals surface area contributed by atoms with Crippen molar-refractivity contribution in [2.45, 2.75) is 4.90 Å². The number of hydrogen-bond donors (Lipinski definition) is 1. The summed E-state index contributed by atoms with van der Waals surface area (Å²) in [5.41, 5.74) is -1.14. The number of nitrogens with zero attached hydrogens (tertiary/aromatic N) is 1. The molecule has 0 amide bonds. The molecular formula is C12H9F3N2O3S. The predicted octanol–water partition coefficient (Wildman–Crippen LogP) is 1.82. The van der Waals surface area contributed by atoms with Crippen LogP contribution in [-0.4, -0.2) is 20.5 Å². The number of hydrogen-bond acceptors (Lipinski definition) is 4. The largest absolute Gasteiger partial charge is 0.480 e. The molecule has 5 nitrogen and oxygen atoms in total. The Hall–Kier alpha value is -2.13. The molecule has 0 radical (unpaired) electrons. The summed E-state index contributed by atoms with van der Waals surface area (Å²) in [5.74, 6) is -3.66. The van der Waals surface area contributed by atoms with Crippen molar-refractivity contribution in [3.05, 3.63) is 41.8 Å². The lowest BCUT2D eigenvalue weighted by Crippen LogP contribution is -2.16. The Kier molecular flexibility index (Phi) is 3.88. The van der Waals surface area contributed by atoms with E-state index in [4.69, 9.17) is 9.88 Å². The first-order valence-electron chi connectivity index (χ1n) is 5.46. The van der Waals surface area contributed by atoms with Crippen molar-refractivity contribution in [3.63, 3.8) is 0 Å². The summed E-state index contributed by atoms with van der Waals surface area (Å²) < 4.78 is 68.7. The highest BCUT2D eigenvalue weighted by Gasteiger charge is 2.27. The van der Waals surface area contributed by atoms with Gasteiger partial charge in [-0.25, -0.2) is 31.7 Å². The molecule has 0 saturated heterocycles. The number of benzene rings is 1. The van der Waals surface area contributed by atoms with E-state index in [9.17, 15) is 21.6 Å². The molecule has 0 saturated carbocycles. The van der Waals surface area contributed by atoms with Crippen LogP contribution in [0, 0.1) is 17.5 Å². The summed E-state index contributed by atoms with van der Waals surface area (Å²) in [6.07, 6.45) is 0.658. The maximum absolute atomic E-state index is 14.0. The molecule has 0 spiro atoms. The van der Waals surface area contributed by atoms with Crippen LogP contribution in [-0.2, 0) is 10.0 Å². The zero-order valence-corrected chi connectivity index (χ0v) is 11.4. The van der Waals surface area contributed by atoms with Gasteiger partial charge < -0.3 is 4.74 Å². The van der Waals surface area contributed by atoms with Gasteiger partial charge in [0.25, 0.3) is 0 Å². The number of methoxy groups -OCH3 is 1. The fourth-order valence-corrected chi connectivity index (χ4v) is 2.68. The van der Waals surface area contributed by atoms with Crippen molar-refractivity contribution in [1.29, 1.82) is 0 Å². The third-order valence-electron chi connectivity index (χ3n) is 2.63. The van der Waals surface area contributed by atoms with Crippen LogP contribution in [0.25, 0.3) is 11.1 Å². The second-order valence-electron chi connectivity index (χ2n) is 3.99. The van der Waals surface area contributed by atoms with Crippen LogP contribution in [0.5, 0.6) is 5.88 Å². The number of aromatic nitrogens is 1. The van der Waals surface area contributed by atoms with Gasteiger partial charge in [-0.05, 0) is 12.1 Å². The maximum atomic E-state index is 14.0. The Morgan fingerprint density at radius 3 is 2.38 bits per heavy atom. The van der Waals surface area contributed by atoms with Crippen molar-refractivity contribution in [2.75, 3.05) is 7.11 Å². The van der Waals surface area contributed by atoms with Crippen LogP contribution in [0.2, 0.25) is 0 Å². The maximum Gasteiger partial charge on any atom is 0.244 e. The van der Waals surface area contributed by atoms with E-state index in [1.165, 1.54) is 0 Å². The summed E-state index contributed by atoms with van der Waals surface area (Å²) in [5, 5.41) is 5.01. The second kappa shape index (κ2) is 5.34. The van der Waals surface area contributed by atoms with E-state index in [0.717, 1.165) is 19.2 Å². The molecule has 1 aromatic heterocycles. The lowest BCUT2D eigenvalue weighted by Gasteiger charge is -2.13. The molecule has 0 aliphatic heterocycles. The molecule has 9 heteroatoms. The highest BCUT2D eigenvalue weighted by Crippen LogP contribution is 2.35. The molecule has 0 aliphatic rings. The van der Waals surface area contributed by atoms with Gasteiger partial charge in [-0.2, -0.15) is 0 Å². The number of nitrogens with two attached hydrogens (primary N) is 1. The van der Waals surface area contributed by atoms with E-state index in [1.807, 2.05) is 0 Å². The highest BCUT2D eigenvalue weighted by atomic mass is 32.2. The van der Waals surface area contributed by atoms with E-state index in [0.29, 0.717) is 12.3 Å². The monoisotopic (exact) mass is 318 g/mol. The van der Waals surface area contributed by atoms with Crippen LogP contribution < -0.4 is 9.88 Å². The Balaban J connectivity index is 2.91. The molecule has 0 atom stereocenters. The quantitative estimate of drug-likeness (QED) is 0.936. The number of halogens is 3. The first-order chi connectivity index (χ1) is 9.75. The van der Waals surface area contributed by atoms with Gasteiger partial charge >= 0.3 is 0 Å². The summed E-state index contributed by atoms with van der Waals surface area (Å²) in [6, 6.07) is 2.25. The Morgan fingerprint density at radius 1 is 1.19 bits per heavy atom. The third kappa shape index (κ3) is 2.83. The topological polar surface area (TPSA) is 82.3 Å². The summed E-state index contributed by atoms with van der Waals surface area (Å²) in [6.45, 7) is 0. The number of sulfonamides is 1. The molecule has 0 fully saturated rings. The van der Waals surface area contributed by atoms with Gasteiger partial charge in [0.1, 0.15) is 11.6 Å². The molecule has 2 aromatic rings. The number of pyridine rings is 1. The first kappa shape index (κ1) is 15.3. The van der Waals surface area contributed by atoms with E-state index < -0.39 is 49.4 Å². The Bertz CT molecular complexity index is 810. The van der Waals surface area contributed by atoms with Crippen LogP contribution >= 0.6 is 0 Å². The first-order valence-corrected chi connectivity index (χ1v) is 7.01. The van der Waals surface area contributed by atoms with Crippen molar-refractivity contribution >= 4 is 10.0 Å². The fourth-order valence-electron chi connectivity index (χ4n) is 1.81. The standard InChI is InChI=1S/C12H9F3N2O3S/c1-20-12-11(21(16,18)19)10(9(15)5-17-12)7-3-2-6(13)4-8(7)14/h2-5H,1H3,(H2,16,18,19). The molecule has 112 valence electrons. The minimum Gasteiger partial charge on any atom is -0.480 e. The van der Waals surface area contributed by atoms with Crippen molar-refractivity contribution in [1.82, 2.24) is 4.98 Å². The summed E-state index contributed by atoms with van der Waals surface area (Å²) in [7, 11) is -3.36. The molecule has 2 rings (SSSR count). The van der Waals surface area contributed by atoms with Crippen LogP contribution in [0.15, 0.2) is 29.3 Å². The average Bonchev–Trinajstić information content (AvgIpc) is 2.38. The average molecular weight is 318 g/mol. The summed E-state index contributed by atoms with van der Waals surface area (Å²) in [4.78, 5) is 2.63. The molecule has 1 aromatic carbocycles.